The SMILES string of the molecule is CC(C)CC(CN)C(O)C1CCOCC1. The molecule has 3 heteroatoms. The molecule has 0 saturated carbocycles. The maximum Gasteiger partial charge on any atom is 0.0610 e. The molecule has 3 nitrogen and oxygen atoms in total. The van der Waals surface area contributed by atoms with Crippen LogP contribution >= 0.6 is 0 Å². The number of hydrogen-bond donors (Lipinski definition) is 2. The molecule has 1 heterocycles. The minimum absolute atomic E-state index is 0.235. The van der Waals surface area contributed by atoms with Gasteiger partial charge in [0.2, 0.25) is 0 Å². The molecule has 0 aliphatic carbocycles. The summed E-state index contributed by atoms with van der Waals surface area (Å²) in [6.07, 6.45) is 2.75. The van der Waals surface area contributed by atoms with Gasteiger partial charge in [-0.15, -0.1) is 0 Å². The van der Waals surface area contributed by atoms with Crippen molar-refractivity contribution in [3.63, 3.8) is 0 Å². The van der Waals surface area contributed by atoms with E-state index in [2.05, 4.69) is 13.8 Å². The summed E-state index contributed by atoms with van der Waals surface area (Å²) in [6.45, 7) is 6.54. The molecule has 1 aliphatic heterocycles. The van der Waals surface area contributed by atoms with E-state index in [0.29, 0.717) is 18.4 Å². The normalized spacial score (nSPS) is 23.0. The molecule has 90 valence electrons. The third-order valence-corrected chi connectivity index (χ3v) is 3.31. The minimum Gasteiger partial charge on any atom is -0.392 e. The third kappa shape index (κ3) is 4.09. The molecule has 0 aromatic heterocycles. The number of ether oxygens (including phenoxy) is 1. The van der Waals surface area contributed by atoms with Gasteiger partial charge in [0.25, 0.3) is 0 Å². The first kappa shape index (κ1) is 12.9. The highest BCUT2D eigenvalue weighted by Crippen LogP contribution is 2.26. The molecule has 0 spiro atoms. The van der Waals surface area contributed by atoms with Crippen molar-refractivity contribution >= 4 is 0 Å². The van der Waals surface area contributed by atoms with E-state index < -0.39 is 0 Å². The topological polar surface area (TPSA) is 55.5 Å². The fourth-order valence-corrected chi connectivity index (χ4v) is 2.42. The first-order valence-corrected chi connectivity index (χ1v) is 6.11. The number of rotatable bonds is 5. The van der Waals surface area contributed by atoms with Crippen LogP contribution in [0.15, 0.2) is 0 Å². The zero-order valence-corrected chi connectivity index (χ0v) is 9.98. The Morgan fingerprint density at radius 2 is 1.93 bits per heavy atom. The lowest BCUT2D eigenvalue weighted by Crippen LogP contribution is -2.37. The van der Waals surface area contributed by atoms with E-state index in [1.165, 1.54) is 0 Å². The van der Waals surface area contributed by atoms with Crippen LogP contribution in [0.3, 0.4) is 0 Å². The number of hydrogen-bond acceptors (Lipinski definition) is 3. The first-order valence-electron chi connectivity index (χ1n) is 6.11. The number of nitrogens with two attached hydrogens (primary N) is 1. The van der Waals surface area contributed by atoms with Crippen molar-refractivity contribution in [2.75, 3.05) is 19.8 Å². The molecule has 0 bridgehead atoms. The van der Waals surface area contributed by atoms with Gasteiger partial charge in [0.1, 0.15) is 0 Å². The van der Waals surface area contributed by atoms with Crippen molar-refractivity contribution in [2.45, 2.75) is 39.2 Å². The van der Waals surface area contributed by atoms with E-state index in [9.17, 15) is 5.11 Å². The van der Waals surface area contributed by atoms with Gasteiger partial charge in [-0.1, -0.05) is 13.8 Å². The van der Waals surface area contributed by atoms with Crippen LogP contribution in [0, 0.1) is 17.8 Å². The highest BCUT2D eigenvalue weighted by atomic mass is 16.5. The molecule has 0 amide bonds. The summed E-state index contributed by atoms with van der Waals surface area (Å²) in [5.41, 5.74) is 5.74. The predicted molar refractivity (Wildman–Crippen MR) is 61.5 cm³/mol. The van der Waals surface area contributed by atoms with Crippen LogP contribution in [-0.4, -0.2) is 31.0 Å². The Morgan fingerprint density at radius 3 is 2.40 bits per heavy atom. The molecule has 2 unspecified atom stereocenters. The average Bonchev–Trinajstić information content (AvgIpc) is 2.26. The first-order chi connectivity index (χ1) is 7.15. The lowest BCUT2D eigenvalue weighted by Gasteiger charge is -2.32. The molecule has 0 radical (unpaired) electrons. The Kier molecular flexibility index (Phi) is 5.58. The van der Waals surface area contributed by atoms with E-state index >= 15 is 0 Å². The molecular weight excluding hydrogens is 190 g/mol. The van der Waals surface area contributed by atoms with Crippen molar-refractivity contribution in [1.82, 2.24) is 0 Å². The van der Waals surface area contributed by atoms with E-state index in [1.807, 2.05) is 0 Å². The van der Waals surface area contributed by atoms with E-state index in [-0.39, 0.29) is 12.0 Å². The van der Waals surface area contributed by atoms with E-state index in [1.54, 1.807) is 0 Å². The smallest absolute Gasteiger partial charge is 0.0610 e. The van der Waals surface area contributed by atoms with Gasteiger partial charge >= 0.3 is 0 Å². The fraction of sp³-hybridized carbons (Fsp3) is 1.00. The lowest BCUT2D eigenvalue weighted by atomic mass is 9.82. The Labute approximate surface area is 93.0 Å². The molecule has 0 aromatic carbocycles. The summed E-state index contributed by atoms with van der Waals surface area (Å²) in [5, 5.41) is 10.2. The highest BCUT2D eigenvalue weighted by Gasteiger charge is 2.28. The molecule has 1 saturated heterocycles. The van der Waals surface area contributed by atoms with Gasteiger partial charge in [-0.05, 0) is 43.6 Å². The summed E-state index contributed by atoms with van der Waals surface area (Å²) in [6, 6.07) is 0. The van der Waals surface area contributed by atoms with Gasteiger partial charge in [0.15, 0.2) is 0 Å². The molecule has 1 rings (SSSR count). The fourth-order valence-electron chi connectivity index (χ4n) is 2.42. The van der Waals surface area contributed by atoms with Crippen molar-refractivity contribution in [1.29, 1.82) is 0 Å². The Balaban J connectivity index is 2.43. The zero-order valence-electron chi connectivity index (χ0n) is 9.98. The number of aliphatic hydroxyl groups excluding tert-OH is 1. The summed E-state index contributed by atoms with van der Waals surface area (Å²) < 4.78 is 5.30. The average molecular weight is 215 g/mol. The second-order valence-electron chi connectivity index (χ2n) is 5.07. The van der Waals surface area contributed by atoms with Gasteiger partial charge in [-0.25, -0.2) is 0 Å². The van der Waals surface area contributed by atoms with Crippen LogP contribution in [-0.2, 0) is 4.74 Å². The predicted octanol–water partition coefficient (Wildman–Crippen LogP) is 1.39. The van der Waals surface area contributed by atoms with Crippen LogP contribution in [0.25, 0.3) is 0 Å². The van der Waals surface area contributed by atoms with Crippen molar-refractivity contribution in [3.8, 4) is 0 Å². The second kappa shape index (κ2) is 6.46. The minimum atomic E-state index is -0.235. The van der Waals surface area contributed by atoms with Gasteiger partial charge in [0.05, 0.1) is 6.10 Å². The maximum atomic E-state index is 10.2. The highest BCUT2D eigenvalue weighted by molar-refractivity contribution is 4.79. The van der Waals surface area contributed by atoms with Gasteiger partial charge in [0, 0.05) is 13.2 Å². The summed E-state index contributed by atoms with van der Waals surface area (Å²) in [4.78, 5) is 0. The quantitative estimate of drug-likeness (QED) is 0.729. The summed E-state index contributed by atoms with van der Waals surface area (Å²) in [5.74, 6) is 1.26. The lowest BCUT2D eigenvalue weighted by molar-refractivity contribution is -0.0195. The molecule has 15 heavy (non-hydrogen) atoms. The van der Waals surface area contributed by atoms with Crippen molar-refractivity contribution in [3.05, 3.63) is 0 Å². The van der Waals surface area contributed by atoms with Crippen molar-refractivity contribution in [2.24, 2.45) is 23.5 Å². The summed E-state index contributed by atoms with van der Waals surface area (Å²) in [7, 11) is 0. The summed E-state index contributed by atoms with van der Waals surface area (Å²) >= 11 is 0. The molecular formula is C12H25NO2. The van der Waals surface area contributed by atoms with E-state index in [4.69, 9.17) is 10.5 Å². The Morgan fingerprint density at radius 1 is 1.33 bits per heavy atom. The van der Waals surface area contributed by atoms with Crippen LogP contribution in [0.5, 0.6) is 0 Å². The van der Waals surface area contributed by atoms with Crippen LogP contribution < -0.4 is 5.73 Å². The molecule has 3 N–H and O–H groups in total. The van der Waals surface area contributed by atoms with Crippen LogP contribution in [0.1, 0.15) is 33.1 Å². The van der Waals surface area contributed by atoms with Gasteiger partial charge < -0.3 is 15.6 Å². The molecule has 1 aliphatic rings. The maximum absolute atomic E-state index is 10.2. The van der Waals surface area contributed by atoms with Gasteiger partial charge in [-0.3, -0.25) is 0 Å². The second-order valence-corrected chi connectivity index (χ2v) is 5.07. The molecule has 0 aromatic rings. The van der Waals surface area contributed by atoms with Gasteiger partial charge in [-0.2, -0.15) is 0 Å². The standard InChI is InChI=1S/C12H25NO2/c1-9(2)7-11(8-13)12(14)10-3-5-15-6-4-10/h9-12,14H,3-8,13H2,1-2H3. The monoisotopic (exact) mass is 215 g/mol. The van der Waals surface area contributed by atoms with Crippen LogP contribution in [0.2, 0.25) is 0 Å². The number of aliphatic hydroxyl groups is 1. The molecule has 2 atom stereocenters. The Hall–Kier alpha value is -0.120. The molecule has 1 fully saturated rings. The largest absolute Gasteiger partial charge is 0.392 e. The van der Waals surface area contributed by atoms with E-state index in [0.717, 1.165) is 32.5 Å². The van der Waals surface area contributed by atoms with Crippen molar-refractivity contribution < 1.29 is 9.84 Å². The zero-order chi connectivity index (χ0) is 11.3. The van der Waals surface area contributed by atoms with Crippen LogP contribution in [0.4, 0.5) is 0 Å². The Bertz CT molecular complexity index is 167. The third-order valence-electron chi connectivity index (χ3n) is 3.31.